The van der Waals surface area contributed by atoms with Crippen LogP contribution in [0.15, 0.2) is 34.2 Å². The number of ether oxygens (including phenoxy) is 1. The molecule has 7 heteroatoms. The fourth-order valence-corrected chi connectivity index (χ4v) is 2.82. The molecule has 19 heavy (non-hydrogen) atoms. The molecule has 96 valence electrons. The first kappa shape index (κ1) is 12.3. The van der Waals surface area contributed by atoms with Crippen molar-refractivity contribution >= 4 is 38.5 Å². The van der Waals surface area contributed by atoms with E-state index in [-0.39, 0.29) is 11.6 Å². The van der Waals surface area contributed by atoms with Crippen LogP contribution in [0.2, 0.25) is 0 Å². The Hall–Kier alpha value is -1.73. The zero-order valence-electron chi connectivity index (χ0n) is 9.34. The van der Waals surface area contributed by atoms with Gasteiger partial charge in [0.05, 0.1) is 0 Å². The fraction of sp³-hybridized carbons (Fsp3) is 0. The van der Waals surface area contributed by atoms with E-state index in [1.54, 1.807) is 16.7 Å². The summed E-state index contributed by atoms with van der Waals surface area (Å²) >= 11 is 4.56. The van der Waals surface area contributed by atoms with Crippen molar-refractivity contribution in [1.29, 1.82) is 0 Å². The van der Waals surface area contributed by atoms with Crippen LogP contribution < -0.4 is 4.74 Å². The van der Waals surface area contributed by atoms with Gasteiger partial charge in [0.15, 0.2) is 16.9 Å². The third-order valence-corrected chi connectivity index (χ3v) is 3.64. The predicted octanol–water partition coefficient (Wildman–Crippen LogP) is 3.90. The Bertz CT molecular complexity index is 748. The quantitative estimate of drug-likeness (QED) is 0.679. The lowest BCUT2D eigenvalue weighted by molar-refractivity contribution is 0.111. The number of aldehydes is 1. The van der Waals surface area contributed by atoms with Crippen molar-refractivity contribution in [3.05, 3.63) is 45.8 Å². The number of benzene rings is 1. The monoisotopic (exact) mass is 340 g/mol. The highest BCUT2D eigenvalue weighted by atomic mass is 79.9. The molecular weight excluding hydrogens is 335 g/mol. The Morgan fingerprint density at radius 2 is 2.26 bits per heavy atom. The minimum absolute atomic E-state index is 0.166. The molecule has 0 unspecified atom stereocenters. The smallest absolute Gasteiger partial charge is 0.250 e. The number of carbonyl (C=O) groups is 1. The fourth-order valence-electron chi connectivity index (χ4n) is 1.66. The maximum Gasteiger partial charge on any atom is 0.250 e. The number of fused-ring (bicyclic) bond motifs is 1. The summed E-state index contributed by atoms with van der Waals surface area (Å²) in [5, 5.41) is 1.82. The average molecular weight is 341 g/mol. The summed E-state index contributed by atoms with van der Waals surface area (Å²) in [5.41, 5.74) is 0.302. The molecule has 4 nitrogen and oxygen atoms in total. The van der Waals surface area contributed by atoms with Crippen LogP contribution in [0.5, 0.6) is 11.6 Å². The molecule has 0 amide bonds. The van der Waals surface area contributed by atoms with Gasteiger partial charge in [0.25, 0.3) is 0 Å². The summed E-state index contributed by atoms with van der Waals surface area (Å²) < 4.78 is 20.9. The molecule has 0 aliphatic carbocycles. The van der Waals surface area contributed by atoms with E-state index in [1.165, 1.54) is 23.5 Å². The third kappa shape index (κ3) is 2.26. The van der Waals surface area contributed by atoms with E-state index in [4.69, 9.17) is 4.74 Å². The van der Waals surface area contributed by atoms with Gasteiger partial charge in [0.2, 0.25) is 5.88 Å². The molecule has 3 rings (SSSR count). The van der Waals surface area contributed by atoms with Gasteiger partial charge in [-0.2, -0.15) is 4.98 Å². The summed E-state index contributed by atoms with van der Waals surface area (Å²) in [4.78, 5) is 15.9. The van der Waals surface area contributed by atoms with E-state index in [0.29, 0.717) is 21.4 Å². The van der Waals surface area contributed by atoms with Crippen molar-refractivity contribution in [3.63, 3.8) is 0 Å². The maximum absolute atomic E-state index is 13.3. The molecule has 0 atom stereocenters. The maximum atomic E-state index is 13.3. The Balaban J connectivity index is 2.04. The number of imidazole rings is 1. The molecule has 0 aliphatic rings. The first-order chi connectivity index (χ1) is 9.17. The Morgan fingerprint density at radius 1 is 1.42 bits per heavy atom. The number of rotatable bonds is 3. The second kappa shape index (κ2) is 4.75. The number of nitrogens with zero attached hydrogens (tertiary/aromatic N) is 2. The summed E-state index contributed by atoms with van der Waals surface area (Å²) in [6.45, 7) is 0. The van der Waals surface area contributed by atoms with Gasteiger partial charge in [-0.05, 0) is 12.1 Å². The summed E-state index contributed by atoms with van der Waals surface area (Å²) in [6.07, 6.45) is 2.39. The van der Waals surface area contributed by atoms with Gasteiger partial charge in [0, 0.05) is 22.1 Å². The minimum atomic E-state index is -0.432. The molecule has 0 fully saturated rings. The first-order valence-electron chi connectivity index (χ1n) is 5.22. The molecule has 1 aromatic carbocycles. The minimum Gasteiger partial charge on any atom is -0.437 e. The van der Waals surface area contributed by atoms with Gasteiger partial charge in [-0.25, -0.2) is 4.39 Å². The van der Waals surface area contributed by atoms with E-state index in [2.05, 4.69) is 20.9 Å². The van der Waals surface area contributed by atoms with Gasteiger partial charge >= 0.3 is 0 Å². The number of carbonyl (C=O) groups excluding carboxylic acids is 1. The lowest BCUT2D eigenvalue weighted by Crippen LogP contribution is -1.92. The van der Waals surface area contributed by atoms with E-state index in [9.17, 15) is 9.18 Å². The zero-order chi connectivity index (χ0) is 13.4. The highest BCUT2D eigenvalue weighted by molar-refractivity contribution is 9.10. The zero-order valence-corrected chi connectivity index (χ0v) is 11.7. The SMILES string of the molecule is O=Cc1c(Oc2cc(F)cc(Br)c2)nc2sccn12. The highest BCUT2D eigenvalue weighted by Crippen LogP contribution is 2.29. The predicted molar refractivity (Wildman–Crippen MR) is 72.6 cm³/mol. The Morgan fingerprint density at radius 3 is 3.00 bits per heavy atom. The van der Waals surface area contributed by atoms with Crippen LogP contribution in [0.1, 0.15) is 10.5 Å². The van der Waals surface area contributed by atoms with E-state index in [1.807, 2.05) is 5.38 Å². The number of hydrogen-bond donors (Lipinski definition) is 0. The standard InChI is InChI=1S/C12H6BrFN2O2S/c13-7-3-8(14)5-9(4-7)18-11-10(6-17)16-1-2-19-12(16)15-11/h1-6H. The summed E-state index contributed by atoms with van der Waals surface area (Å²) in [7, 11) is 0. The van der Waals surface area contributed by atoms with Crippen LogP contribution in [0.3, 0.4) is 0 Å². The van der Waals surface area contributed by atoms with E-state index < -0.39 is 5.82 Å². The normalized spacial score (nSPS) is 10.8. The number of hydrogen-bond acceptors (Lipinski definition) is 4. The van der Waals surface area contributed by atoms with Crippen molar-refractivity contribution in [2.45, 2.75) is 0 Å². The lowest BCUT2D eigenvalue weighted by atomic mass is 10.3. The van der Waals surface area contributed by atoms with Gasteiger partial charge in [-0.3, -0.25) is 9.20 Å². The molecule has 0 radical (unpaired) electrons. The van der Waals surface area contributed by atoms with Crippen molar-refractivity contribution in [1.82, 2.24) is 9.38 Å². The van der Waals surface area contributed by atoms with Crippen LogP contribution in [0, 0.1) is 5.82 Å². The van der Waals surface area contributed by atoms with Gasteiger partial charge < -0.3 is 4.74 Å². The largest absolute Gasteiger partial charge is 0.437 e. The molecule has 0 bridgehead atoms. The van der Waals surface area contributed by atoms with Crippen molar-refractivity contribution in [2.24, 2.45) is 0 Å². The van der Waals surface area contributed by atoms with Crippen molar-refractivity contribution < 1.29 is 13.9 Å². The molecular formula is C12H6BrFN2O2S. The Kier molecular flexibility index (Phi) is 3.08. The van der Waals surface area contributed by atoms with Crippen molar-refractivity contribution in [2.75, 3.05) is 0 Å². The molecule has 0 saturated carbocycles. The van der Waals surface area contributed by atoms with Gasteiger partial charge in [-0.15, -0.1) is 11.3 Å². The number of halogens is 2. The number of thiazole rings is 1. The topological polar surface area (TPSA) is 43.6 Å². The first-order valence-corrected chi connectivity index (χ1v) is 6.89. The highest BCUT2D eigenvalue weighted by Gasteiger charge is 2.15. The average Bonchev–Trinajstić information content (AvgIpc) is 2.87. The summed E-state index contributed by atoms with van der Waals surface area (Å²) in [5.74, 6) is 0.0122. The van der Waals surface area contributed by atoms with Crippen LogP contribution in [-0.4, -0.2) is 15.7 Å². The second-order valence-corrected chi connectivity index (χ2v) is 5.47. The molecule has 3 aromatic rings. The van der Waals surface area contributed by atoms with Crippen LogP contribution in [0.4, 0.5) is 4.39 Å². The van der Waals surface area contributed by atoms with Crippen LogP contribution in [0.25, 0.3) is 4.96 Å². The molecule has 0 N–H and O–H groups in total. The van der Waals surface area contributed by atoms with Crippen LogP contribution >= 0.6 is 27.3 Å². The molecule has 0 spiro atoms. The van der Waals surface area contributed by atoms with E-state index >= 15 is 0 Å². The van der Waals surface area contributed by atoms with Gasteiger partial charge in [-0.1, -0.05) is 15.9 Å². The van der Waals surface area contributed by atoms with Gasteiger partial charge in [0.1, 0.15) is 11.6 Å². The third-order valence-electron chi connectivity index (χ3n) is 2.43. The lowest BCUT2D eigenvalue weighted by Gasteiger charge is -2.03. The van der Waals surface area contributed by atoms with Crippen LogP contribution in [-0.2, 0) is 0 Å². The van der Waals surface area contributed by atoms with E-state index in [0.717, 1.165) is 0 Å². The Labute approximate surface area is 119 Å². The molecule has 2 aromatic heterocycles. The van der Waals surface area contributed by atoms with Crippen molar-refractivity contribution in [3.8, 4) is 11.6 Å². The summed E-state index contributed by atoms with van der Waals surface area (Å²) in [6, 6.07) is 4.15. The second-order valence-electron chi connectivity index (χ2n) is 3.68. The molecule has 0 saturated heterocycles. The molecule has 2 heterocycles. The molecule has 0 aliphatic heterocycles. The number of aromatic nitrogens is 2.